The third-order valence-electron chi connectivity index (χ3n) is 3.59. The van der Waals surface area contributed by atoms with Gasteiger partial charge in [0.15, 0.2) is 6.61 Å². The topological polar surface area (TPSA) is 84.9 Å². The Kier molecular flexibility index (Phi) is 6.45. The van der Waals surface area contributed by atoms with Gasteiger partial charge in [-0.15, -0.1) is 0 Å². The van der Waals surface area contributed by atoms with Gasteiger partial charge in [0.05, 0.1) is 16.0 Å². The Bertz CT molecular complexity index is 687. The van der Waals surface area contributed by atoms with Crippen LogP contribution in [0.1, 0.15) is 12.8 Å². The molecule has 0 radical (unpaired) electrons. The highest BCUT2D eigenvalue weighted by atomic mass is 35.5. The zero-order valence-electron chi connectivity index (χ0n) is 13.6. The van der Waals surface area contributed by atoms with E-state index in [0.29, 0.717) is 6.54 Å². The highest BCUT2D eigenvalue weighted by Gasteiger charge is 2.19. The van der Waals surface area contributed by atoms with Crippen molar-refractivity contribution >= 4 is 27.5 Å². The maximum absolute atomic E-state index is 12.0. The van der Waals surface area contributed by atoms with Gasteiger partial charge in [0.25, 0.3) is 5.91 Å². The van der Waals surface area contributed by atoms with Gasteiger partial charge in [-0.1, -0.05) is 11.6 Å². The molecule has 0 saturated carbocycles. The summed E-state index contributed by atoms with van der Waals surface area (Å²) in [6, 6.07) is 4.13. The summed E-state index contributed by atoms with van der Waals surface area (Å²) in [5.41, 5.74) is 0. The molecule has 0 spiro atoms. The Morgan fingerprint density at radius 1 is 1.46 bits per heavy atom. The molecule has 0 aromatic heterocycles. The molecule has 9 heteroatoms. The molecule has 1 amide bonds. The second-order valence-electron chi connectivity index (χ2n) is 5.61. The van der Waals surface area contributed by atoms with Crippen LogP contribution in [-0.2, 0) is 19.6 Å². The molecule has 0 bridgehead atoms. The van der Waals surface area contributed by atoms with Crippen molar-refractivity contribution in [2.75, 3.05) is 33.9 Å². The van der Waals surface area contributed by atoms with Crippen molar-refractivity contribution in [3.8, 4) is 5.75 Å². The summed E-state index contributed by atoms with van der Waals surface area (Å²) in [6.07, 6.45) is 2.01. The zero-order valence-corrected chi connectivity index (χ0v) is 15.2. The van der Waals surface area contributed by atoms with E-state index in [1.54, 1.807) is 0 Å². The summed E-state index contributed by atoms with van der Waals surface area (Å²) < 4.78 is 35.9. The van der Waals surface area contributed by atoms with Gasteiger partial charge < -0.3 is 14.8 Å². The second kappa shape index (κ2) is 8.15. The largest absolute Gasteiger partial charge is 0.482 e. The standard InChI is InChI=1S/C15H21ClN2O5S/c1-18(2)24(20,21)12-5-6-14(13(16)8-12)23-10-15(19)17-9-11-4-3-7-22-11/h5-6,8,11H,3-4,7,9-10H2,1-2H3,(H,17,19)/t11-/m0/s1. The third-order valence-corrected chi connectivity index (χ3v) is 5.70. The van der Waals surface area contributed by atoms with E-state index < -0.39 is 10.0 Å². The van der Waals surface area contributed by atoms with Crippen LogP contribution < -0.4 is 10.1 Å². The lowest BCUT2D eigenvalue weighted by Gasteiger charge is -2.14. The van der Waals surface area contributed by atoms with E-state index in [1.165, 1.54) is 32.3 Å². The molecule has 1 aliphatic rings. The van der Waals surface area contributed by atoms with Gasteiger partial charge in [-0.05, 0) is 31.0 Å². The number of hydrogen-bond acceptors (Lipinski definition) is 5. The van der Waals surface area contributed by atoms with Crippen LogP contribution in [0, 0.1) is 0 Å². The minimum Gasteiger partial charge on any atom is -0.482 e. The lowest BCUT2D eigenvalue weighted by molar-refractivity contribution is -0.123. The van der Waals surface area contributed by atoms with E-state index in [9.17, 15) is 13.2 Å². The molecule has 1 N–H and O–H groups in total. The number of carbonyl (C=O) groups is 1. The van der Waals surface area contributed by atoms with Gasteiger partial charge in [0.1, 0.15) is 5.75 Å². The maximum Gasteiger partial charge on any atom is 0.258 e. The lowest BCUT2D eigenvalue weighted by Crippen LogP contribution is -2.35. The number of sulfonamides is 1. The Morgan fingerprint density at radius 2 is 2.21 bits per heavy atom. The molecule has 1 atom stereocenters. The molecular weight excluding hydrogens is 356 g/mol. The molecule has 134 valence electrons. The summed E-state index contributed by atoms with van der Waals surface area (Å²) in [4.78, 5) is 11.8. The van der Waals surface area contributed by atoms with Crippen molar-refractivity contribution in [2.24, 2.45) is 0 Å². The van der Waals surface area contributed by atoms with Crippen molar-refractivity contribution in [1.29, 1.82) is 0 Å². The van der Waals surface area contributed by atoms with E-state index in [4.69, 9.17) is 21.1 Å². The van der Waals surface area contributed by atoms with Gasteiger partial charge in [0.2, 0.25) is 10.0 Å². The summed E-state index contributed by atoms with van der Waals surface area (Å²) in [5, 5.41) is 2.86. The highest BCUT2D eigenvalue weighted by molar-refractivity contribution is 7.89. The monoisotopic (exact) mass is 376 g/mol. The average molecular weight is 377 g/mol. The zero-order chi connectivity index (χ0) is 17.7. The van der Waals surface area contributed by atoms with Crippen LogP contribution in [0.5, 0.6) is 5.75 Å². The number of rotatable bonds is 7. The number of hydrogen-bond donors (Lipinski definition) is 1. The molecule has 1 fully saturated rings. The molecule has 1 aliphatic heterocycles. The number of benzene rings is 1. The smallest absolute Gasteiger partial charge is 0.258 e. The van der Waals surface area contributed by atoms with Crippen LogP contribution in [0.2, 0.25) is 5.02 Å². The molecule has 0 unspecified atom stereocenters. The minimum atomic E-state index is -3.57. The first-order valence-corrected chi connectivity index (χ1v) is 9.35. The van der Waals surface area contributed by atoms with Crippen LogP contribution >= 0.6 is 11.6 Å². The molecule has 0 aliphatic carbocycles. The number of ether oxygens (including phenoxy) is 2. The SMILES string of the molecule is CN(C)S(=O)(=O)c1ccc(OCC(=O)NC[C@@H]2CCCO2)c(Cl)c1. The van der Waals surface area contributed by atoms with Crippen LogP contribution in [0.3, 0.4) is 0 Å². The Balaban J connectivity index is 1.89. The first-order valence-electron chi connectivity index (χ1n) is 7.54. The number of nitrogens with one attached hydrogen (secondary N) is 1. The Morgan fingerprint density at radius 3 is 2.79 bits per heavy atom. The summed E-state index contributed by atoms with van der Waals surface area (Å²) >= 11 is 6.04. The number of nitrogens with zero attached hydrogens (tertiary/aromatic N) is 1. The predicted octanol–water partition coefficient (Wildman–Crippen LogP) is 1.26. The molecule has 1 aromatic carbocycles. The van der Waals surface area contributed by atoms with Crippen molar-refractivity contribution in [3.05, 3.63) is 23.2 Å². The van der Waals surface area contributed by atoms with Gasteiger partial charge in [0, 0.05) is 27.2 Å². The first-order chi connectivity index (χ1) is 11.3. The fourth-order valence-electron chi connectivity index (χ4n) is 2.20. The molecule has 1 saturated heterocycles. The van der Waals surface area contributed by atoms with E-state index in [-0.39, 0.29) is 34.3 Å². The number of halogens is 1. The Labute approximate surface area is 146 Å². The fraction of sp³-hybridized carbons (Fsp3) is 0.533. The van der Waals surface area contributed by atoms with Gasteiger partial charge in [-0.2, -0.15) is 0 Å². The number of carbonyl (C=O) groups excluding carboxylic acids is 1. The molecule has 1 heterocycles. The predicted molar refractivity (Wildman–Crippen MR) is 89.8 cm³/mol. The molecule has 2 rings (SSSR count). The van der Waals surface area contributed by atoms with Crippen molar-refractivity contribution < 1.29 is 22.7 Å². The van der Waals surface area contributed by atoms with E-state index in [1.807, 2.05) is 0 Å². The van der Waals surface area contributed by atoms with Crippen LogP contribution in [0.15, 0.2) is 23.1 Å². The second-order valence-corrected chi connectivity index (χ2v) is 8.17. The summed E-state index contributed by atoms with van der Waals surface area (Å²) in [5.74, 6) is -0.0341. The summed E-state index contributed by atoms with van der Waals surface area (Å²) in [6.45, 7) is 0.983. The first kappa shape index (κ1) is 19.0. The molecule has 1 aromatic rings. The maximum atomic E-state index is 12.0. The fourth-order valence-corrected chi connectivity index (χ4v) is 3.43. The minimum absolute atomic E-state index is 0.0627. The molecule has 7 nitrogen and oxygen atoms in total. The van der Waals surface area contributed by atoms with Crippen molar-refractivity contribution in [1.82, 2.24) is 9.62 Å². The normalized spacial score (nSPS) is 17.9. The van der Waals surface area contributed by atoms with Crippen LogP contribution in [0.4, 0.5) is 0 Å². The quantitative estimate of drug-likeness (QED) is 0.774. The van der Waals surface area contributed by atoms with Crippen molar-refractivity contribution in [3.63, 3.8) is 0 Å². The van der Waals surface area contributed by atoms with Gasteiger partial charge in [-0.3, -0.25) is 4.79 Å². The van der Waals surface area contributed by atoms with E-state index >= 15 is 0 Å². The van der Waals surface area contributed by atoms with E-state index in [2.05, 4.69) is 5.32 Å². The molecule has 24 heavy (non-hydrogen) atoms. The van der Waals surface area contributed by atoms with Crippen LogP contribution in [-0.4, -0.2) is 58.6 Å². The molecular formula is C15H21ClN2O5S. The third kappa shape index (κ3) is 4.83. The van der Waals surface area contributed by atoms with E-state index in [0.717, 1.165) is 23.8 Å². The Hall–Kier alpha value is -1.35. The number of amides is 1. The van der Waals surface area contributed by atoms with Gasteiger partial charge in [-0.25, -0.2) is 12.7 Å². The van der Waals surface area contributed by atoms with Gasteiger partial charge >= 0.3 is 0 Å². The average Bonchev–Trinajstić information content (AvgIpc) is 3.04. The van der Waals surface area contributed by atoms with Crippen molar-refractivity contribution in [2.45, 2.75) is 23.8 Å². The highest BCUT2D eigenvalue weighted by Crippen LogP contribution is 2.28. The summed E-state index contributed by atoms with van der Waals surface area (Å²) in [7, 11) is -0.692. The lowest BCUT2D eigenvalue weighted by atomic mass is 10.2. The van der Waals surface area contributed by atoms with Crippen LogP contribution in [0.25, 0.3) is 0 Å².